The van der Waals surface area contributed by atoms with Crippen molar-refractivity contribution in [2.45, 2.75) is 51.1 Å². The molecule has 3 aliphatic rings. The summed E-state index contributed by atoms with van der Waals surface area (Å²) in [5.74, 6) is 0.369. The highest BCUT2D eigenvalue weighted by molar-refractivity contribution is 7.17. The number of carbonyl (C=O) groups excluding carboxylic acids is 3. The summed E-state index contributed by atoms with van der Waals surface area (Å²) in [7, 11) is 0. The van der Waals surface area contributed by atoms with Gasteiger partial charge in [0, 0.05) is 53.1 Å². The molecule has 0 spiro atoms. The summed E-state index contributed by atoms with van der Waals surface area (Å²) in [5.41, 5.74) is 4.57. The molecule has 0 unspecified atom stereocenters. The number of thiophene rings is 1. The van der Waals surface area contributed by atoms with Crippen LogP contribution in [0, 0.1) is 0 Å². The van der Waals surface area contributed by atoms with Crippen LogP contribution in [-0.4, -0.2) is 47.9 Å². The summed E-state index contributed by atoms with van der Waals surface area (Å²) in [5, 5.41) is 6.07. The summed E-state index contributed by atoms with van der Waals surface area (Å²) < 4.78 is 0. The molecule has 43 heavy (non-hydrogen) atoms. The van der Waals surface area contributed by atoms with Crippen molar-refractivity contribution in [2.24, 2.45) is 0 Å². The van der Waals surface area contributed by atoms with Gasteiger partial charge in [-0.2, -0.15) is 0 Å². The topological polar surface area (TPSA) is 94.6 Å². The number of benzene rings is 2. The largest absolute Gasteiger partial charge is 0.353 e. The van der Waals surface area contributed by atoms with E-state index in [1.54, 1.807) is 42.6 Å². The van der Waals surface area contributed by atoms with E-state index in [-0.39, 0.29) is 17.7 Å². The third-order valence-corrected chi connectivity index (χ3v) is 9.69. The van der Waals surface area contributed by atoms with Crippen molar-refractivity contribution in [3.05, 3.63) is 94.5 Å². The van der Waals surface area contributed by atoms with Crippen LogP contribution in [0.2, 0.25) is 0 Å². The van der Waals surface area contributed by atoms with E-state index >= 15 is 0 Å². The van der Waals surface area contributed by atoms with Crippen molar-refractivity contribution in [3.63, 3.8) is 0 Å². The van der Waals surface area contributed by atoms with Crippen molar-refractivity contribution >= 4 is 46.3 Å². The molecule has 1 saturated carbocycles. The van der Waals surface area contributed by atoms with Gasteiger partial charge in [-0.05, 0) is 93.1 Å². The van der Waals surface area contributed by atoms with Crippen LogP contribution in [0.25, 0.3) is 10.4 Å². The van der Waals surface area contributed by atoms with Gasteiger partial charge >= 0.3 is 0 Å². The number of para-hydroxylation sites is 1. The maximum absolute atomic E-state index is 13.8. The number of anilines is 3. The number of amides is 3. The average Bonchev–Trinajstić information content (AvgIpc) is 3.62. The molecule has 0 radical (unpaired) electrons. The Morgan fingerprint density at radius 1 is 0.930 bits per heavy atom. The van der Waals surface area contributed by atoms with Crippen LogP contribution in [0.3, 0.4) is 0 Å². The highest BCUT2D eigenvalue weighted by Crippen LogP contribution is 2.42. The summed E-state index contributed by atoms with van der Waals surface area (Å²) >= 11 is 1.50. The molecule has 1 atom stereocenters. The van der Waals surface area contributed by atoms with E-state index in [0.717, 1.165) is 58.8 Å². The highest BCUT2D eigenvalue weighted by Gasteiger charge is 2.30. The first kappa shape index (κ1) is 27.3. The van der Waals surface area contributed by atoms with Gasteiger partial charge in [-0.3, -0.25) is 14.4 Å². The van der Waals surface area contributed by atoms with Gasteiger partial charge in [0.2, 0.25) is 0 Å². The molecular formula is C34H33N5O3S. The van der Waals surface area contributed by atoms with Gasteiger partial charge in [-0.15, -0.1) is 11.3 Å². The molecule has 2 fully saturated rings. The molecule has 2 aromatic carbocycles. The van der Waals surface area contributed by atoms with E-state index in [2.05, 4.69) is 27.4 Å². The summed E-state index contributed by atoms with van der Waals surface area (Å²) in [6.07, 6.45) is 6.65. The Morgan fingerprint density at radius 3 is 2.51 bits per heavy atom. The molecule has 2 aromatic heterocycles. The Labute approximate surface area is 254 Å². The van der Waals surface area contributed by atoms with Gasteiger partial charge in [-0.1, -0.05) is 18.2 Å². The molecule has 3 amide bonds. The number of pyridine rings is 1. The monoisotopic (exact) mass is 591 g/mol. The molecule has 7 rings (SSSR count). The fourth-order valence-corrected chi connectivity index (χ4v) is 7.15. The number of hydrogen-bond acceptors (Lipinski definition) is 6. The van der Waals surface area contributed by atoms with E-state index in [1.807, 2.05) is 35.2 Å². The van der Waals surface area contributed by atoms with Crippen LogP contribution < -0.4 is 20.4 Å². The maximum atomic E-state index is 13.8. The van der Waals surface area contributed by atoms with Crippen LogP contribution >= 0.6 is 11.3 Å². The Bertz CT molecular complexity index is 1710. The zero-order valence-electron chi connectivity index (χ0n) is 24.0. The number of aromatic nitrogens is 1. The third kappa shape index (κ3) is 5.41. The number of rotatable bonds is 6. The van der Waals surface area contributed by atoms with Crippen molar-refractivity contribution in [1.29, 1.82) is 0 Å². The van der Waals surface area contributed by atoms with Crippen molar-refractivity contribution in [3.8, 4) is 10.4 Å². The Morgan fingerprint density at radius 2 is 1.74 bits per heavy atom. The molecule has 2 aliphatic heterocycles. The first-order valence-corrected chi connectivity index (χ1v) is 15.8. The number of nitrogens with one attached hydrogen (secondary N) is 2. The fraction of sp³-hybridized carbons (Fsp3) is 0.294. The maximum Gasteiger partial charge on any atom is 0.261 e. The molecular weight excluding hydrogens is 558 g/mol. The van der Waals surface area contributed by atoms with Crippen LogP contribution in [0.5, 0.6) is 0 Å². The predicted molar refractivity (Wildman–Crippen MR) is 170 cm³/mol. The second-order valence-corrected chi connectivity index (χ2v) is 12.6. The lowest BCUT2D eigenvalue weighted by atomic mass is 10.1. The van der Waals surface area contributed by atoms with Crippen LogP contribution in [0.1, 0.15) is 68.6 Å². The summed E-state index contributed by atoms with van der Waals surface area (Å²) in [4.78, 5) is 50.1. The van der Waals surface area contributed by atoms with E-state index in [1.165, 1.54) is 11.3 Å². The SMILES string of the molecule is C[C@H]1CCCN1c1ncccc1C(=O)Nc1ccc(C(=O)N2CCc3cc(C(=O)NC4CC4)sc3-c3ccccc32)cc1. The van der Waals surface area contributed by atoms with E-state index < -0.39 is 0 Å². The minimum absolute atomic E-state index is 0.0106. The normalized spacial score (nSPS) is 17.6. The molecule has 8 nitrogen and oxygen atoms in total. The fourth-order valence-electron chi connectivity index (χ4n) is 6.00. The second kappa shape index (κ2) is 11.3. The quantitative estimate of drug-likeness (QED) is 0.281. The van der Waals surface area contributed by atoms with Crippen molar-refractivity contribution in [1.82, 2.24) is 10.3 Å². The van der Waals surface area contributed by atoms with Gasteiger partial charge in [0.25, 0.3) is 17.7 Å². The number of carbonyl (C=O) groups is 3. The van der Waals surface area contributed by atoms with Crippen LogP contribution in [0.4, 0.5) is 17.2 Å². The molecule has 9 heteroatoms. The van der Waals surface area contributed by atoms with Crippen LogP contribution in [-0.2, 0) is 6.42 Å². The van der Waals surface area contributed by atoms with Gasteiger partial charge in [-0.25, -0.2) is 4.98 Å². The minimum atomic E-state index is -0.223. The Hall–Kier alpha value is -4.50. The minimum Gasteiger partial charge on any atom is -0.353 e. The summed E-state index contributed by atoms with van der Waals surface area (Å²) in [6, 6.07) is 21.2. The highest BCUT2D eigenvalue weighted by atomic mass is 32.1. The number of nitrogens with zero attached hydrogens (tertiary/aromatic N) is 3. The predicted octanol–water partition coefficient (Wildman–Crippen LogP) is 6.15. The standard InChI is InChI=1S/C34H33N5O3S/c1-21-6-5-18-38(21)31-27(8-4-17-35-31)32(40)36-24-12-10-22(11-13-24)34(42)39-19-16-23-20-29(33(41)37-25-14-15-25)43-30(23)26-7-2-3-9-28(26)39/h2-4,7-13,17,20-21,25H,5-6,14-16,18-19H2,1H3,(H,36,40)(H,37,41)/t21-/m0/s1. The number of fused-ring (bicyclic) bond motifs is 3. The average molecular weight is 592 g/mol. The zero-order chi connectivity index (χ0) is 29.5. The zero-order valence-corrected chi connectivity index (χ0v) is 24.8. The first-order chi connectivity index (χ1) is 21.0. The van der Waals surface area contributed by atoms with Gasteiger partial charge in [0.05, 0.1) is 16.1 Å². The van der Waals surface area contributed by atoms with Crippen LogP contribution in [0.15, 0.2) is 72.9 Å². The smallest absolute Gasteiger partial charge is 0.261 e. The van der Waals surface area contributed by atoms with E-state index in [4.69, 9.17) is 0 Å². The number of hydrogen-bond donors (Lipinski definition) is 2. The first-order valence-electron chi connectivity index (χ1n) is 14.9. The Balaban J connectivity index is 1.09. The Kier molecular flexibility index (Phi) is 7.18. The molecule has 1 saturated heterocycles. The third-order valence-electron chi connectivity index (χ3n) is 8.48. The molecule has 218 valence electrons. The van der Waals surface area contributed by atoms with Gasteiger partial charge in [0.15, 0.2) is 0 Å². The summed E-state index contributed by atoms with van der Waals surface area (Å²) in [6.45, 7) is 3.55. The molecule has 4 heterocycles. The van der Waals surface area contributed by atoms with Crippen molar-refractivity contribution in [2.75, 3.05) is 28.2 Å². The van der Waals surface area contributed by atoms with E-state index in [9.17, 15) is 14.4 Å². The molecule has 1 aliphatic carbocycles. The lowest BCUT2D eigenvalue weighted by Crippen LogP contribution is -2.32. The molecule has 0 bridgehead atoms. The second-order valence-electron chi connectivity index (χ2n) is 11.5. The van der Waals surface area contributed by atoms with Crippen molar-refractivity contribution < 1.29 is 14.4 Å². The van der Waals surface area contributed by atoms with Gasteiger partial charge < -0.3 is 20.4 Å². The molecule has 2 N–H and O–H groups in total. The lowest BCUT2D eigenvalue weighted by Gasteiger charge is -2.24. The van der Waals surface area contributed by atoms with Gasteiger partial charge in [0.1, 0.15) is 5.82 Å². The molecule has 4 aromatic rings. The lowest BCUT2D eigenvalue weighted by molar-refractivity contribution is 0.0952. The van der Waals surface area contributed by atoms with E-state index in [0.29, 0.717) is 47.7 Å².